The van der Waals surface area contributed by atoms with Gasteiger partial charge in [-0.1, -0.05) is 48.5 Å². The van der Waals surface area contributed by atoms with Gasteiger partial charge in [0.1, 0.15) is 29.1 Å². The van der Waals surface area contributed by atoms with Crippen LogP contribution >= 0.6 is 11.3 Å². The molecule has 0 radical (unpaired) electrons. The predicted octanol–water partition coefficient (Wildman–Crippen LogP) is 4.86. The van der Waals surface area contributed by atoms with E-state index < -0.39 is 6.10 Å². The summed E-state index contributed by atoms with van der Waals surface area (Å²) < 4.78 is 20.5. The van der Waals surface area contributed by atoms with Gasteiger partial charge in [-0.2, -0.15) is 0 Å². The van der Waals surface area contributed by atoms with Gasteiger partial charge in [-0.05, 0) is 29.1 Å². The Morgan fingerprint density at radius 2 is 1.84 bits per heavy atom. The molecule has 160 valence electrons. The number of rotatable bonds is 6. The predicted molar refractivity (Wildman–Crippen MR) is 125 cm³/mol. The molecule has 0 aliphatic rings. The second-order valence-electron chi connectivity index (χ2n) is 7.48. The highest BCUT2D eigenvalue weighted by Gasteiger charge is 2.16. The summed E-state index contributed by atoms with van der Waals surface area (Å²) in [5.41, 5.74) is 1.20. The van der Waals surface area contributed by atoms with Crippen molar-refractivity contribution in [3.63, 3.8) is 0 Å². The van der Waals surface area contributed by atoms with Crippen LogP contribution in [0.2, 0.25) is 0 Å². The van der Waals surface area contributed by atoms with E-state index in [2.05, 4.69) is 4.98 Å². The summed E-state index contributed by atoms with van der Waals surface area (Å²) in [5, 5.41) is 14.9. The molecule has 1 N–H and O–H groups in total. The van der Waals surface area contributed by atoms with Gasteiger partial charge >= 0.3 is 0 Å². The number of halogens is 1. The van der Waals surface area contributed by atoms with Crippen molar-refractivity contribution in [3.8, 4) is 16.9 Å². The molecule has 2 aromatic heterocycles. The van der Waals surface area contributed by atoms with Crippen LogP contribution in [-0.4, -0.2) is 27.4 Å². The number of hydrogen-bond acceptors (Lipinski definition) is 5. The zero-order valence-corrected chi connectivity index (χ0v) is 17.8. The van der Waals surface area contributed by atoms with Crippen LogP contribution in [0.15, 0.2) is 83.2 Å². The van der Waals surface area contributed by atoms with Crippen LogP contribution in [0.1, 0.15) is 0 Å². The molecule has 0 saturated heterocycles. The number of ether oxygens (including phenoxy) is 1. The largest absolute Gasteiger partial charge is 0.490 e. The zero-order valence-electron chi connectivity index (χ0n) is 16.9. The van der Waals surface area contributed by atoms with Crippen LogP contribution in [-0.2, 0) is 6.54 Å². The fraction of sp³-hybridized carbons (Fsp3) is 0.120. The maximum atomic E-state index is 13.3. The number of thiophene rings is 1. The Bertz CT molecular complexity index is 1450. The summed E-state index contributed by atoms with van der Waals surface area (Å²) in [4.78, 5) is 18.1. The molecule has 5 rings (SSSR count). The van der Waals surface area contributed by atoms with Crippen LogP contribution in [0.25, 0.3) is 32.1 Å². The highest BCUT2D eigenvalue weighted by Crippen LogP contribution is 2.30. The fourth-order valence-corrected chi connectivity index (χ4v) is 4.63. The Labute approximate surface area is 187 Å². The van der Waals surface area contributed by atoms with Gasteiger partial charge in [0.2, 0.25) is 0 Å². The number of aliphatic hydroxyl groups excluding tert-OH is 1. The fourth-order valence-electron chi connectivity index (χ4n) is 3.73. The molecule has 32 heavy (non-hydrogen) atoms. The minimum atomic E-state index is -0.904. The van der Waals surface area contributed by atoms with E-state index in [-0.39, 0.29) is 24.5 Å². The third-order valence-electron chi connectivity index (χ3n) is 5.30. The molecule has 2 heterocycles. The topological polar surface area (TPSA) is 64.4 Å². The minimum Gasteiger partial charge on any atom is -0.490 e. The number of aliphatic hydroxyl groups is 1. The van der Waals surface area contributed by atoms with E-state index in [0.29, 0.717) is 21.5 Å². The first-order chi connectivity index (χ1) is 15.6. The molecule has 0 bridgehead atoms. The van der Waals surface area contributed by atoms with Gasteiger partial charge in [0, 0.05) is 16.3 Å². The maximum absolute atomic E-state index is 13.3. The normalized spacial score (nSPS) is 12.3. The summed E-state index contributed by atoms with van der Waals surface area (Å²) >= 11 is 1.36. The van der Waals surface area contributed by atoms with Gasteiger partial charge in [0.15, 0.2) is 0 Å². The average Bonchev–Trinajstić information content (AvgIpc) is 3.25. The van der Waals surface area contributed by atoms with E-state index in [0.717, 1.165) is 16.3 Å². The number of hydrogen-bond donors (Lipinski definition) is 1. The smallest absolute Gasteiger partial charge is 0.262 e. The summed E-state index contributed by atoms with van der Waals surface area (Å²) in [6.07, 6.45) is 0.537. The second kappa shape index (κ2) is 8.53. The minimum absolute atomic E-state index is 0.0347. The molecule has 5 nitrogen and oxygen atoms in total. The van der Waals surface area contributed by atoms with Gasteiger partial charge in [-0.25, -0.2) is 9.37 Å². The Hall–Kier alpha value is -3.55. The van der Waals surface area contributed by atoms with Crippen molar-refractivity contribution in [2.24, 2.45) is 0 Å². The van der Waals surface area contributed by atoms with Crippen LogP contribution in [0.5, 0.6) is 5.75 Å². The van der Waals surface area contributed by atoms with Gasteiger partial charge in [-0.15, -0.1) is 11.3 Å². The van der Waals surface area contributed by atoms with Gasteiger partial charge in [0.05, 0.1) is 18.3 Å². The lowest BCUT2D eigenvalue weighted by Crippen LogP contribution is -2.30. The summed E-state index contributed by atoms with van der Waals surface area (Å²) in [7, 11) is 0. The Morgan fingerprint density at radius 1 is 1.06 bits per heavy atom. The first-order valence-electron chi connectivity index (χ1n) is 10.1. The monoisotopic (exact) mass is 446 g/mol. The molecule has 1 unspecified atom stereocenters. The van der Waals surface area contributed by atoms with E-state index >= 15 is 0 Å². The highest BCUT2D eigenvalue weighted by atomic mass is 32.1. The van der Waals surface area contributed by atoms with E-state index in [4.69, 9.17) is 4.74 Å². The number of benzene rings is 3. The summed E-state index contributed by atoms with van der Waals surface area (Å²) in [6.45, 7) is 0.0815. The standard InChI is InChI=1S/C25H19FN2O3S/c26-18-10-8-17(9-11-18)21-14-32-24-23(21)25(30)28(15-27-24)12-19(29)13-31-22-7-3-5-16-4-1-2-6-20(16)22/h1-11,14-15,19,29H,12-13H2. The number of aromatic nitrogens is 2. The zero-order chi connectivity index (χ0) is 22.1. The summed E-state index contributed by atoms with van der Waals surface area (Å²) in [5.74, 6) is 0.345. The van der Waals surface area contributed by atoms with Crippen LogP contribution in [0.4, 0.5) is 4.39 Å². The second-order valence-corrected chi connectivity index (χ2v) is 8.34. The molecule has 0 saturated carbocycles. The Balaban J connectivity index is 1.38. The number of fused-ring (bicyclic) bond motifs is 2. The van der Waals surface area contributed by atoms with E-state index in [9.17, 15) is 14.3 Å². The summed E-state index contributed by atoms with van der Waals surface area (Å²) in [6, 6.07) is 19.6. The van der Waals surface area contributed by atoms with Gasteiger partial charge in [-0.3, -0.25) is 9.36 Å². The Kier molecular flexibility index (Phi) is 5.43. The third kappa shape index (κ3) is 3.88. The van der Waals surface area contributed by atoms with E-state index in [1.54, 1.807) is 12.1 Å². The Morgan fingerprint density at radius 3 is 2.69 bits per heavy atom. The molecule has 0 aliphatic carbocycles. The van der Waals surface area contributed by atoms with Crippen LogP contribution < -0.4 is 10.3 Å². The molecule has 0 amide bonds. The maximum Gasteiger partial charge on any atom is 0.262 e. The third-order valence-corrected chi connectivity index (χ3v) is 6.19. The van der Waals surface area contributed by atoms with Crippen molar-refractivity contribution in [1.82, 2.24) is 9.55 Å². The molecule has 0 spiro atoms. The van der Waals surface area contributed by atoms with E-state index in [1.165, 1.54) is 34.4 Å². The van der Waals surface area contributed by atoms with Crippen molar-refractivity contribution in [2.45, 2.75) is 12.6 Å². The van der Waals surface area contributed by atoms with Crippen LogP contribution in [0.3, 0.4) is 0 Å². The quantitative estimate of drug-likeness (QED) is 0.405. The molecular formula is C25H19FN2O3S. The first kappa shape index (κ1) is 20.4. The van der Waals surface area contributed by atoms with Crippen LogP contribution in [0, 0.1) is 5.82 Å². The van der Waals surface area contributed by atoms with Gasteiger partial charge < -0.3 is 9.84 Å². The average molecular weight is 447 g/mol. The molecule has 0 fully saturated rings. The lowest BCUT2D eigenvalue weighted by Gasteiger charge is -2.15. The molecule has 5 aromatic rings. The molecule has 0 aliphatic heterocycles. The lowest BCUT2D eigenvalue weighted by atomic mass is 10.1. The molecular weight excluding hydrogens is 427 g/mol. The molecule has 1 atom stereocenters. The van der Waals surface area contributed by atoms with Crippen molar-refractivity contribution in [2.75, 3.05) is 6.61 Å². The lowest BCUT2D eigenvalue weighted by molar-refractivity contribution is 0.0922. The molecule has 7 heteroatoms. The first-order valence-corrected chi connectivity index (χ1v) is 11.0. The van der Waals surface area contributed by atoms with Crippen molar-refractivity contribution in [1.29, 1.82) is 0 Å². The van der Waals surface area contributed by atoms with Crippen molar-refractivity contribution >= 4 is 32.3 Å². The van der Waals surface area contributed by atoms with Gasteiger partial charge in [0.25, 0.3) is 5.56 Å². The van der Waals surface area contributed by atoms with Crippen molar-refractivity contribution in [3.05, 3.63) is 94.6 Å². The SMILES string of the molecule is O=c1c2c(-c3ccc(F)cc3)csc2ncn1CC(O)COc1cccc2ccccc12. The number of nitrogens with zero attached hydrogens (tertiary/aromatic N) is 2. The molecule has 3 aromatic carbocycles. The van der Waals surface area contributed by atoms with Crippen molar-refractivity contribution < 1.29 is 14.2 Å². The highest BCUT2D eigenvalue weighted by molar-refractivity contribution is 7.17. The van der Waals surface area contributed by atoms with E-state index in [1.807, 2.05) is 47.8 Å².